The predicted molar refractivity (Wildman–Crippen MR) is 427 cm³/mol. The maximum absolute atomic E-state index is 13.1. The molecule has 0 aromatic rings. The summed E-state index contributed by atoms with van der Waals surface area (Å²) in [4.78, 5) is 73.1. The highest BCUT2D eigenvalue weighted by atomic mass is 31.2. The minimum Gasteiger partial charge on any atom is -0.462 e. The highest BCUT2D eigenvalue weighted by Gasteiger charge is 2.30. The molecule has 0 heterocycles. The van der Waals surface area contributed by atoms with Crippen LogP contribution in [0.2, 0.25) is 0 Å². The second-order valence-corrected chi connectivity index (χ2v) is 29.5. The van der Waals surface area contributed by atoms with Crippen LogP contribution in [0, 0.1) is 0 Å². The van der Waals surface area contributed by atoms with Gasteiger partial charge in [-0.25, -0.2) is 9.13 Å². The zero-order chi connectivity index (χ0) is 76.0. The number of carbonyl (C=O) groups is 4. The lowest BCUT2D eigenvalue weighted by molar-refractivity contribution is -0.161. The summed E-state index contributed by atoms with van der Waals surface area (Å²) in [6.45, 7) is 4.48. The molecule has 17 nitrogen and oxygen atoms in total. The molecule has 0 aliphatic carbocycles. The zero-order valence-corrected chi connectivity index (χ0v) is 66.9. The van der Waals surface area contributed by atoms with Gasteiger partial charge in [0.05, 0.1) is 26.4 Å². The Balaban J connectivity index is 5.42. The van der Waals surface area contributed by atoms with Crippen LogP contribution in [0.3, 0.4) is 0 Å². The van der Waals surface area contributed by atoms with Crippen LogP contribution in [0.15, 0.2) is 134 Å². The normalized spacial score (nSPS) is 14.6. The van der Waals surface area contributed by atoms with Crippen molar-refractivity contribution in [2.24, 2.45) is 0 Å². The first kappa shape index (κ1) is 99.2. The summed E-state index contributed by atoms with van der Waals surface area (Å²) in [6.07, 6.45) is 85.7. The molecule has 0 bridgehead atoms. The van der Waals surface area contributed by atoms with Crippen LogP contribution in [0.1, 0.15) is 323 Å². The lowest BCUT2D eigenvalue weighted by atomic mass is 10.0. The molecule has 104 heavy (non-hydrogen) atoms. The third kappa shape index (κ3) is 75.4. The Kier molecular flexibility index (Phi) is 72.9. The molecule has 0 aromatic heterocycles. The third-order valence-electron chi connectivity index (χ3n) is 16.6. The fraction of sp³-hybridized carbons (Fsp3) is 0.694. The van der Waals surface area contributed by atoms with E-state index in [0.717, 1.165) is 180 Å². The minimum absolute atomic E-state index is 0.0743. The average Bonchev–Trinajstić information content (AvgIpc) is 0.926. The summed E-state index contributed by atoms with van der Waals surface area (Å²) in [7, 11) is -9.98. The summed E-state index contributed by atoms with van der Waals surface area (Å²) in [5.74, 6) is -2.25. The van der Waals surface area contributed by atoms with E-state index in [4.69, 9.17) is 37.0 Å². The van der Waals surface area contributed by atoms with Gasteiger partial charge in [0.1, 0.15) is 19.3 Å². The number of rotatable bonds is 75. The van der Waals surface area contributed by atoms with E-state index in [1.54, 1.807) is 0 Å². The Morgan fingerprint density at radius 3 is 0.788 bits per heavy atom. The van der Waals surface area contributed by atoms with Crippen LogP contribution in [-0.4, -0.2) is 96.7 Å². The van der Waals surface area contributed by atoms with Gasteiger partial charge in [0.15, 0.2) is 12.2 Å². The molecule has 5 atom stereocenters. The number of aliphatic hydroxyl groups excluding tert-OH is 1. The number of phosphoric ester groups is 2. The van der Waals surface area contributed by atoms with Crippen LogP contribution in [0.4, 0.5) is 0 Å². The molecule has 0 amide bonds. The second kappa shape index (κ2) is 76.4. The van der Waals surface area contributed by atoms with Gasteiger partial charge in [0, 0.05) is 25.7 Å². The highest BCUT2D eigenvalue weighted by molar-refractivity contribution is 7.47. The molecule has 5 unspecified atom stereocenters. The monoisotopic (exact) mass is 1500 g/mol. The van der Waals surface area contributed by atoms with Crippen LogP contribution < -0.4 is 0 Å². The number of hydrogen-bond acceptors (Lipinski definition) is 15. The van der Waals surface area contributed by atoms with Crippen molar-refractivity contribution in [3.63, 3.8) is 0 Å². The van der Waals surface area contributed by atoms with Crippen LogP contribution in [0.25, 0.3) is 0 Å². The molecule has 19 heteroatoms. The van der Waals surface area contributed by atoms with E-state index in [2.05, 4.69) is 161 Å². The Hall–Kier alpha value is -4.80. The summed E-state index contributed by atoms with van der Waals surface area (Å²) >= 11 is 0. The van der Waals surface area contributed by atoms with Crippen molar-refractivity contribution in [2.45, 2.75) is 341 Å². The first-order chi connectivity index (χ1) is 50.7. The molecule has 0 radical (unpaired) electrons. The van der Waals surface area contributed by atoms with E-state index < -0.39 is 97.5 Å². The van der Waals surface area contributed by atoms with Gasteiger partial charge < -0.3 is 33.8 Å². The summed E-state index contributed by atoms with van der Waals surface area (Å²) < 4.78 is 68.6. The summed E-state index contributed by atoms with van der Waals surface area (Å²) in [5.41, 5.74) is 0. The predicted octanol–water partition coefficient (Wildman–Crippen LogP) is 23.7. The summed E-state index contributed by atoms with van der Waals surface area (Å²) in [6, 6.07) is 0. The molecule has 0 saturated heterocycles. The van der Waals surface area contributed by atoms with E-state index in [0.29, 0.717) is 25.7 Å². The topological polar surface area (TPSA) is 237 Å². The maximum Gasteiger partial charge on any atom is 0.472 e. The number of esters is 4. The molecule has 0 aromatic carbocycles. The van der Waals surface area contributed by atoms with Crippen molar-refractivity contribution in [2.75, 3.05) is 39.6 Å². The highest BCUT2D eigenvalue weighted by Crippen LogP contribution is 2.45. The standard InChI is InChI=1S/C85H144O17P2/c1-5-9-13-17-21-25-29-33-37-39-43-46-50-54-58-62-66-70-83(88)96-76-81(102-85(90)72-68-64-60-56-52-48-44-40-38-34-30-26-22-18-14-10-6-2)78-100-104(93,94)98-74-79(86)73-97-103(91,92)99-77-80(101-84(89)71-67-63-59-55-51-47-42-36-32-28-24-20-16-12-8-4)75-95-82(87)69-65-61-57-53-49-45-41-35-31-27-23-19-15-11-7-3/h9-11,13-15,21-23,25-27,33-35,37-38,41,43,46,49,53,79-81,86H,5-8,12,16-20,24,28-32,36,39-40,42,44-45,47-48,50-52,54-78H2,1-4H3,(H,91,92)(H,93,94)/b13-9-,14-10-,15-11-,25-21-,26-22-,27-23-,37-33-,38-34-,41-35-,46-43-,53-49-. The van der Waals surface area contributed by atoms with Gasteiger partial charge in [-0.05, 0) is 135 Å². The van der Waals surface area contributed by atoms with Crippen molar-refractivity contribution in [3.8, 4) is 0 Å². The fourth-order valence-electron chi connectivity index (χ4n) is 10.6. The molecule has 0 saturated carbocycles. The van der Waals surface area contributed by atoms with Gasteiger partial charge in [-0.15, -0.1) is 0 Å². The molecule has 0 aliphatic rings. The SMILES string of the molecule is CC/C=C\C/C=C\C/C=C\C/C=C\CCCCCCC(=O)OCC(COP(=O)(O)OCC(O)COP(=O)(O)OCC(COC(=O)CCCC/C=C\C/C=C\C/C=C\C/C=C\CC)OC(=O)CCCCCCCCCCCCCCCCC)OC(=O)CCCCCCCCC/C=C\C/C=C\C/C=C\CC. The Morgan fingerprint density at radius 1 is 0.279 bits per heavy atom. The zero-order valence-electron chi connectivity index (χ0n) is 65.2. The number of hydrogen-bond donors (Lipinski definition) is 3. The Labute approximate surface area is 631 Å². The van der Waals surface area contributed by atoms with E-state index in [1.807, 2.05) is 0 Å². The van der Waals surface area contributed by atoms with Crippen molar-refractivity contribution in [3.05, 3.63) is 134 Å². The Morgan fingerprint density at radius 2 is 0.500 bits per heavy atom. The number of ether oxygens (including phenoxy) is 4. The first-order valence-corrected chi connectivity index (χ1v) is 43.4. The fourth-order valence-corrected chi connectivity index (χ4v) is 12.1. The molecule has 3 N–H and O–H groups in total. The van der Waals surface area contributed by atoms with Crippen LogP contribution in [-0.2, 0) is 65.4 Å². The molecule has 0 rings (SSSR count). The van der Waals surface area contributed by atoms with Crippen molar-refractivity contribution in [1.82, 2.24) is 0 Å². The smallest absolute Gasteiger partial charge is 0.462 e. The number of unbranched alkanes of at least 4 members (excludes halogenated alkanes) is 27. The average molecular weight is 1500 g/mol. The molecule has 0 spiro atoms. The number of phosphoric acid groups is 2. The van der Waals surface area contributed by atoms with Gasteiger partial charge >= 0.3 is 39.5 Å². The van der Waals surface area contributed by atoms with Gasteiger partial charge in [-0.3, -0.25) is 37.3 Å². The molecular formula is C85H144O17P2. The van der Waals surface area contributed by atoms with Crippen LogP contribution >= 0.6 is 15.6 Å². The lowest BCUT2D eigenvalue weighted by Crippen LogP contribution is -2.30. The van der Waals surface area contributed by atoms with Gasteiger partial charge in [-0.1, -0.05) is 296 Å². The van der Waals surface area contributed by atoms with Gasteiger partial charge in [-0.2, -0.15) is 0 Å². The van der Waals surface area contributed by atoms with Gasteiger partial charge in [0.25, 0.3) is 0 Å². The van der Waals surface area contributed by atoms with E-state index in [1.165, 1.54) is 64.2 Å². The van der Waals surface area contributed by atoms with Crippen molar-refractivity contribution < 1.29 is 80.2 Å². The van der Waals surface area contributed by atoms with E-state index in [9.17, 15) is 43.2 Å². The Bertz CT molecular complexity index is 2490. The molecular weight excluding hydrogens is 1350 g/mol. The number of carbonyl (C=O) groups excluding carboxylic acids is 4. The number of aliphatic hydroxyl groups is 1. The van der Waals surface area contributed by atoms with Crippen molar-refractivity contribution >= 4 is 39.5 Å². The quantitative estimate of drug-likeness (QED) is 0.0169. The molecule has 0 fully saturated rings. The molecule has 0 aliphatic heterocycles. The minimum atomic E-state index is -4.99. The van der Waals surface area contributed by atoms with Gasteiger partial charge in [0.2, 0.25) is 0 Å². The number of allylic oxidation sites excluding steroid dienone is 22. The maximum atomic E-state index is 13.1. The lowest BCUT2D eigenvalue weighted by Gasteiger charge is -2.21. The largest absolute Gasteiger partial charge is 0.472 e. The van der Waals surface area contributed by atoms with Crippen molar-refractivity contribution in [1.29, 1.82) is 0 Å². The van der Waals surface area contributed by atoms with Crippen LogP contribution in [0.5, 0.6) is 0 Å². The molecule has 596 valence electrons. The second-order valence-electron chi connectivity index (χ2n) is 26.6. The summed E-state index contributed by atoms with van der Waals surface area (Å²) in [5, 5.41) is 10.6. The first-order valence-electron chi connectivity index (χ1n) is 40.4. The van der Waals surface area contributed by atoms with E-state index >= 15 is 0 Å². The third-order valence-corrected chi connectivity index (χ3v) is 18.5. The van der Waals surface area contributed by atoms with E-state index in [-0.39, 0.29) is 25.7 Å².